The van der Waals surface area contributed by atoms with E-state index in [0.717, 1.165) is 17.1 Å². The van der Waals surface area contributed by atoms with Crippen molar-refractivity contribution < 1.29 is 4.79 Å². The molecule has 2 aromatic rings. The minimum Gasteiger partial charge on any atom is -0.356 e. The SMILES string of the molecule is CC(=O)NCCc1csc(-c2ccccc2C)n1. The van der Waals surface area contributed by atoms with Gasteiger partial charge in [-0.2, -0.15) is 0 Å². The van der Waals surface area contributed by atoms with Crippen LogP contribution in [0, 0.1) is 6.92 Å². The Kier molecular flexibility index (Phi) is 4.10. The zero-order chi connectivity index (χ0) is 13.0. The van der Waals surface area contributed by atoms with Crippen LogP contribution in [0.2, 0.25) is 0 Å². The maximum absolute atomic E-state index is 10.8. The molecular formula is C14H16N2OS. The number of aryl methyl sites for hydroxylation is 1. The number of aromatic nitrogens is 1. The van der Waals surface area contributed by atoms with Gasteiger partial charge in [-0.15, -0.1) is 11.3 Å². The van der Waals surface area contributed by atoms with Gasteiger partial charge in [-0.1, -0.05) is 24.3 Å². The summed E-state index contributed by atoms with van der Waals surface area (Å²) in [6.45, 7) is 4.26. The number of amides is 1. The Morgan fingerprint density at radius 2 is 2.17 bits per heavy atom. The Morgan fingerprint density at radius 3 is 2.89 bits per heavy atom. The number of nitrogens with zero attached hydrogens (tertiary/aromatic N) is 1. The molecule has 4 heteroatoms. The molecule has 0 spiro atoms. The molecule has 0 fully saturated rings. The monoisotopic (exact) mass is 260 g/mol. The molecule has 0 atom stereocenters. The number of nitrogens with one attached hydrogen (secondary N) is 1. The third-order valence-electron chi connectivity index (χ3n) is 2.68. The lowest BCUT2D eigenvalue weighted by atomic mass is 10.1. The summed E-state index contributed by atoms with van der Waals surface area (Å²) in [4.78, 5) is 15.4. The fourth-order valence-electron chi connectivity index (χ4n) is 1.72. The molecule has 1 amide bonds. The van der Waals surface area contributed by atoms with Gasteiger partial charge in [-0.05, 0) is 12.5 Å². The van der Waals surface area contributed by atoms with Crippen molar-refractivity contribution >= 4 is 17.2 Å². The number of benzene rings is 1. The molecule has 1 aromatic heterocycles. The molecule has 2 rings (SSSR count). The van der Waals surface area contributed by atoms with Crippen LogP contribution in [0.15, 0.2) is 29.6 Å². The number of thiazole rings is 1. The minimum atomic E-state index is 0.00403. The number of hydrogen-bond acceptors (Lipinski definition) is 3. The van der Waals surface area contributed by atoms with Gasteiger partial charge in [0.25, 0.3) is 0 Å². The smallest absolute Gasteiger partial charge is 0.216 e. The molecule has 1 aromatic carbocycles. The summed E-state index contributed by atoms with van der Waals surface area (Å²) >= 11 is 1.65. The van der Waals surface area contributed by atoms with E-state index in [4.69, 9.17) is 0 Å². The van der Waals surface area contributed by atoms with E-state index in [2.05, 4.69) is 34.7 Å². The molecule has 0 saturated carbocycles. The minimum absolute atomic E-state index is 0.00403. The average molecular weight is 260 g/mol. The van der Waals surface area contributed by atoms with E-state index in [-0.39, 0.29) is 5.91 Å². The van der Waals surface area contributed by atoms with Crippen LogP contribution >= 0.6 is 11.3 Å². The third-order valence-corrected chi connectivity index (χ3v) is 3.61. The number of rotatable bonds is 4. The lowest BCUT2D eigenvalue weighted by molar-refractivity contribution is -0.118. The maximum Gasteiger partial charge on any atom is 0.216 e. The number of carbonyl (C=O) groups excluding carboxylic acids is 1. The second-order valence-electron chi connectivity index (χ2n) is 4.19. The van der Waals surface area contributed by atoms with Crippen molar-refractivity contribution in [2.24, 2.45) is 0 Å². The highest BCUT2D eigenvalue weighted by Crippen LogP contribution is 2.26. The third kappa shape index (κ3) is 3.17. The first-order chi connectivity index (χ1) is 8.66. The Balaban J connectivity index is 2.06. The van der Waals surface area contributed by atoms with Crippen LogP contribution in [-0.4, -0.2) is 17.4 Å². The zero-order valence-electron chi connectivity index (χ0n) is 10.6. The first-order valence-corrected chi connectivity index (χ1v) is 6.79. The molecule has 0 saturated heterocycles. The van der Waals surface area contributed by atoms with Crippen molar-refractivity contribution in [3.8, 4) is 10.6 Å². The lowest BCUT2D eigenvalue weighted by Gasteiger charge is -2.01. The van der Waals surface area contributed by atoms with Gasteiger partial charge in [0, 0.05) is 30.8 Å². The summed E-state index contributed by atoms with van der Waals surface area (Å²) in [5, 5.41) is 5.89. The normalized spacial score (nSPS) is 10.3. The summed E-state index contributed by atoms with van der Waals surface area (Å²) in [7, 11) is 0. The molecule has 3 nitrogen and oxygen atoms in total. The van der Waals surface area contributed by atoms with Crippen molar-refractivity contribution in [2.75, 3.05) is 6.54 Å². The summed E-state index contributed by atoms with van der Waals surface area (Å²) in [6.07, 6.45) is 0.780. The molecule has 0 unspecified atom stereocenters. The molecule has 0 aliphatic carbocycles. The summed E-state index contributed by atoms with van der Waals surface area (Å²) in [5.74, 6) is 0.00403. The second-order valence-corrected chi connectivity index (χ2v) is 5.05. The standard InChI is InChI=1S/C14H16N2OS/c1-10-5-3-4-6-13(10)14-16-12(9-18-14)7-8-15-11(2)17/h3-6,9H,7-8H2,1-2H3,(H,15,17). The Hall–Kier alpha value is -1.68. The van der Waals surface area contributed by atoms with Crippen molar-refractivity contribution in [1.82, 2.24) is 10.3 Å². The fraction of sp³-hybridized carbons (Fsp3) is 0.286. The topological polar surface area (TPSA) is 42.0 Å². The highest BCUT2D eigenvalue weighted by Gasteiger charge is 2.06. The lowest BCUT2D eigenvalue weighted by Crippen LogP contribution is -2.22. The predicted octanol–water partition coefficient (Wildman–Crippen LogP) is 2.80. The highest BCUT2D eigenvalue weighted by molar-refractivity contribution is 7.13. The average Bonchev–Trinajstić information content (AvgIpc) is 2.78. The van der Waals surface area contributed by atoms with Crippen LogP contribution in [0.3, 0.4) is 0 Å². The predicted molar refractivity (Wildman–Crippen MR) is 74.7 cm³/mol. The van der Waals surface area contributed by atoms with Gasteiger partial charge in [-0.25, -0.2) is 4.98 Å². The molecule has 0 aliphatic heterocycles. The van der Waals surface area contributed by atoms with Crippen molar-refractivity contribution in [1.29, 1.82) is 0 Å². The Morgan fingerprint density at radius 1 is 1.39 bits per heavy atom. The molecular weight excluding hydrogens is 244 g/mol. The van der Waals surface area contributed by atoms with Crippen molar-refractivity contribution in [3.63, 3.8) is 0 Å². The van der Waals surface area contributed by atoms with Gasteiger partial charge < -0.3 is 5.32 Å². The summed E-state index contributed by atoms with van der Waals surface area (Å²) < 4.78 is 0. The van der Waals surface area contributed by atoms with E-state index in [1.54, 1.807) is 11.3 Å². The van der Waals surface area contributed by atoms with Gasteiger partial charge in [0.05, 0.1) is 5.69 Å². The van der Waals surface area contributed by atoms with Gasteiger partial charge in [0.2, 0.25) is 5.91 Å². The van der Waals surface area contributed by atoms with Crippen LogP contribution in [0.25, 0.3) is 10.6 Å². The highest BCUT2D eigenvalue weighted by atomic mass is 32.1. The molecule has 1 N–H and O–H groups in total. The summed E-state index contributed by atoms with van der Waals surface area (Å²) in [5.41, 5.74) is 3.46. The first-order valence-electron chi connectivity index (χ1n) is 5.91. The molecule has 1 heterocycles. The largest absolute Gasteiger partial charge is 0.356 e. The van der Waals surface area contributed by atoms with Gasteiger partial charge in [0.1, 0.15) is 5.01 Å². The van der Waals surface area contributed by atoms with E-state index >= 15 is 0 Å². The van der Waals surface area contributed by atoms with Crippen LogP contribution < -0.4 is 5.32 Å². The molecule has 0 aliphatic rings. The van der Waals surface area contributed by atoms with E-state index in [0.29, 0.717) is 6.54 Å². The molecule has 0 bridgehead atoms. The van der Waals surface area contributed by atoms with Gasteiger partial charge in [-0.3, -0.25) is 4.79 Å². The number of hydrogen-bond donors (Lipinski definition) is 1. The van der Waals surface area contributed by atoms with Gasteiger partial charge >= 0.3 is 0 Å². The summed E-state index contributed by atoms with van der Waals surface area (Å²) in [6, 6.07) is 8.24. The first kappa shape index (κ1) is 12.8. The molecule has 18 heavy (non-hydrogen) atoms. The Labute approximate surface area is 111 Å². The van der Waals surface area contributed by atoms with E-state index < -0.39 is 0 Å². The van der Waals surface area contributed by atoms with E-state index in [1.807, 2.05) is 12.1 Å². The number of carbonyl (C=O) groups is 1. The van der Waals surface area contributed by atoms with Crippen LogP contribution in [0.5, 0.6) is 0 Å². The van der Waals surface area contributed by atoms with Crippen molar-refractivity contribution in [2.45, 2.75) is 20.3 Å². The zero-order valence-corrected chi connectivity index (χ0v) is 11.4. The van der Waals surface area contributed by atoms with Crippen LogP contribution in [0.1, 0.15) is 18.2 Å². The van der Waals surface area contributed by atoms with Crippen LogP contribution in [0.4, 0.5) is 0 Å². The Bertz CT molecular complexity index is 548. The molecule has 0 radical (unpaired) electrons. The molecule has 94 valence electrons. The van der Waals surface area contributed by atoms with E-state index in [9.17, 15) is 4.79 Å². The quantitative estimate of drug-likeness (QED) is 0.918. The van der Waals surface area contributed by atoms with E-state index in [1.165, 1.54) is 18.1 Å². The van der Waals surface area contributed by atoms with Crippen molar-refractivity contribution in [3.05, 3.63) is 40.9 Å². The maximum atomic E-state index is 10.8. The fourth-order valence-corrected chi connectivity index (χ4v) is 2.67. The second kappa shape index (κ2) is 5.78. The van der Waals surface area contributed by atoms with Crippen LogP contribution in [-0.2, 0) is 11.2 Å². The van der Waals surface area contributed by atoms with Gasteiger partial charge in [0.15, 0.2) is 0 Å².